The number of furan rings is 1. The second-order valence-electron chi connectivity index (χ2n) is 5.19. The van der Waals surface area contributed by atoms with Gasteiger partial charge in [-0.2, -0.15) is 4.31 Å². The van der Waals surface area contributed by atoms with Crippen molar-refractivity contribution in [2.45, 2.75) is 13.3 Å². The lowest BCUT2D eigenvalue weighted by Gasteiger charge is -2.33. The molecule has 1 saturated heterocycles. The Morgan fingerprint density at radius 1 is 1.26 bits per heavy atom. The van der Waals surface area contributed by atoms with Crippen LogP contribution in [0.25, 0.3) is 0 Å². The van der Waals surface area contributed by atoms with Crippen LogP contribution in [-0.2, 0) is 14.8 Å². The molecule has 1 aliphatic rings. The molecule has 128 valence electrons. The lowest BCUT2D eigenvalue weighted by molar-refractivity contribution is -0.120. The predicted molar refractivity (Wildman–Crippen MR) is 83.3 cm³/mol. The second kappa shape index (κ2) is 7.60. The Morgan fingerprint density at radius 2 is 1.96 bits per heavy atom. The van der Waals surface area contributed by atoms with Crippen LogP contribution in [0.1, 0.15) is 23.9 Å². The summed E-state index contributed by atoms with van der Waals surface area (Å²) in [6.07, 6.45) is 1.76. The van der Waals surface area contributed by atoms with Crippen LogP contribution in [0.3, 0.4) is 0 Å². The van der Waals surface area contributed by atoms with E-state index in [-0.39, 0.29) is 43.0 Å². The zero-order chi connectivity index (χ0) is 16.9. The molecule has 0 unspecified atom stereocenters. The molecule has 2 heterocycles. The molecule has 1 aromatic heterocycles. The average Bonchev–Trinajstić information content (AvgIpc) is 3.08. The highest BCUT2D eigenvalue weighted by Crippen LogP contribution is 2.12. The van der Waals surface area contributed by atoms with E-state index >= 15 is 0 Å². The SMILES string of the molecule is CCC(=O)NCCS(=O)(=O)N1CCN(C(=O)c2ccco2)CC1. The average molecular weight is 343 g/mol. The first kappa shape index (κ1) is 17.5. The van der Waals surface area contributed by atoms with Crippen LogP contribution in [0.15, 0.2) is 22.8 Å². The summed E-state index contributed by atoms with van der Waals surface area (Å²) in [4.78, 5) is 24.8. The van der Waals surface area contributed by atoms with Gasteiger partial charge < -0.3 is 14.6 Å². The molecule has 9 heteroatoms. The van der Waals surface area contributed by atoms with Gasteiger partial charge in [-0.1, -0.05) is 6.92 Å². The van der Waals surface area contributed by atoms with Crippen molar-refractivity contribution in [2.24, 2.45) is 0 Å². The largest absolute Gasteiger partial charge is 0.459 e. The zero-order valence-electron chi connectivity index (χ0n) is 13.0. The number of piperazine rings is 1. The minimum atomic E-state index is -3.43. The molecule has 1 aromatic rings. The number of carbonyl (C=O) groups excluding carboxylic acids is 2. The Balaban J connectivity index is 1.83. The van der Waals surface area contributed by atoms with Gasteiger partial charge in [0.1, 0.15) is 0 Å². The second-order valence-corrected chi connectivity index (χ2v) is 7.28. The van der Waals surface area contributed by atoms with Gasteiger partial charge in [0.25, 0.3) is 5.91 Å². The third kappa shape index (κ3) is 4.55. The van der Waals surface area contributed by atoms with Gasteiger partial charge in [0.05, 0.1) is 12.0 Å². The molecule has 0 spiro atoms. The fraction of sp³-hybridized carbons (Fsp3) is 0.571. The lowest BCUT2D eigenvalue weighted by Crippen LogP contribution is -2.51. The summed E-state index contributed by atoms with van der Waals surface area (Å²) in [5, 5.41) is 2.55. The van der Waals surface area contributed by atoms with Crippen LogP contribution in [0.4, 0.5) is 0 Å². The van der Waals surface area contributed by atoms with E-state index in [1.165, 1.54) is 10.6 Å². The number of nitrogens with zero attached hydrogens (tertiary/aromatic N) is 2. The standard InChI is InChI=1S/C14H21N3O5S/c1-2-13(18)15-5-11-23(20,21)17-8-6-16(7-9-17)14(19)12-4-3-10-22-12/h3-4,10H,2,5-9,11H2,1H3,(H,15,18). The van der Waals surface area contributed by atoms with E-state index in [0.29, 0.717) is 19.5 Å². The van der Waals surface area contributed by atoms with Gasteiger partial charge in [-0.3, -0.25) is 9.59 Å². The first-order valence-electron chi connectivity index (χ1n) is 7.51. The minimum absolute atomic E-state index is 0.0978. The van der Waals surface area contributed by atoms with Crippen molar-refractivity contribution in [2.75, 3.05) is 38.5 Å². The van der Waals surface area contributed by atoms with Gasteiger partial charge >= 0.3 is 0 Å². The van der Waals surface area contributed by atoms with Crippen LogP contribution in [0.2, 0.25) is 0 Å². The molecule has 0 saturated carbocycles. The lowest BCUT2D eigenvalue weighted by atomic mass is 10.3. The fourth-order valence-electron chi connectivity index (χ4n) is 2.30. The maximum atomic E-state index is 12.2. The number of sulfonamides is 1. The molecular weight excluding hydrogens is 322 g/mol. The molecular formula is C14H21N3O5S. The van der Waals surface area contributed by atoms with Crippen LogP contribution < -0.4 is 5.32 Å². The smallest absolute Gasteiger partial charge is 0.289 e. The maximum absolute atomic E-state index is 12.2. The molecule has 0 aliphatic carbocycles. The molecule has 0 aromatic carbocycles. The van der Waals surface area contributed by atoms with E-state index < -0.39 is 10.0 Å². The van der Waals surface area contributed by atoms with Gasteiger partial charge in [0, 0.05) is 39.1 Å². The van der Waals surface area contributed by atoms with Crippen molar-refractivity contribution >= 4 is 21.8 Å². The van der Waals surface area contributed by atoms with E-state index in [1.54, 1.807) is 24.0 Å². The normalized spacial score (nSPS) is 16.3. The van der Waals surface area contributed by atoms with Gasteiger partial charge in [-0.05, 0) is 12.1 Å². The van der Waals surface area contributed by atoms with Crippen molar-refractivity contribution in [3.8, 4) is 0 Å². The number of amides is 2. The number of hydrogen-bond acceptors (Lipinski definition) is 5. The number of hydrogen-bond donors (Lipinski definition) is 1. The quantitative estimate of drug-likeness (QED) is 0.777. The topological polar surface area (TPSA) is 99.9 Å². The summed E-state index contributed by atoms with van der Waals surface area (Å²) in [6, 6.07) is 3.22. The molecule has 2 amide bonds. The van der Waals surface area contributed by atoms with Crippen molar-refractivity contribution in [1.82, 2.24) is 14.5 Å². The van der Waals surface area contributed by atoms with Crippen molar-refractivity contribution in [1.29, 1.82) is 0 Å². The summed E-state index contributed by atoms with van der Waals surface area (Å²) in [6.45, 7) is 2.94. The van der Waals surface area contributed by atoms with Crippen LogP contribution in [-0.4, -0.2) is 67.9 Å². The third-order valence-corrected chi connectivity index (χ3v) is 5.53. The Bertz CT molecular complexity index is 633. The van der Waals surface area contributed by atoms with Crippen LogP contribution in [0.5, 0.6) is 0 Å². The van der Waals surface area contributed by atoms with Crippen molar-refractivity contribution in [3.05, 3.63) is 24.2 Å². The summed E-state index contributed by atoms with van der Waals surface area (Å²) in [5.41, 5.74) is 0. The fourth-order valence-corrected chi connectivity index (χ4v) is 3.64. The van der Waals surface area contributed by atoms with Gasteiger partial charge in [0.15, 0.2) is 5.76 Å². The number of nitrogens with one attached hydrogen (secondary N) is 1. The van der Waals surface area contributed by atoms with Crippen LogP contribution in [0, 0.1) is 0 Å². The molecule has 0 bridgehead atoms. The summed E-state index contributed by atoms with van der Waals surface area (Å²) >= 11 is 0. The number of rotatable bonds is 6. The minimum Gasteiger partial charge on any atom is -0.459 e. The molecule has 0 atom stereocenters. The van der Waals surface area contributed by atoms with E-state index in [1.807, 2.05) is 0 Å². The highest BCUT2D eigenvalue weighted by atomic mass is 32.2. The molecule has 1 fully saturated rings. The molecule has 2 rings (SSSR count). The summed E-state index contributed by atoms with van der Waals surface area (Å²) < 4.78 is 30.9. The summed E-state index contributed by atoms with van der Waals surface area (Å²) in [7, 11) is -3.43. The highest BCUT2D eigenvalue weighted by Gasteiger charge is 2.29. The van der Waals surface area contributed by atoms with Gasteiger partial charge in [-0.25, -0.2) is 8.42 Å². The Morgan fingerprint density at radius 3 is 2.52 bits per heavy atom. The first-order chi connectivity index (χ1) is 10.9. The molecule has 0 radical (unpaired) electrons. The summed E-state index contributed by atoms with van der Waals surface area (Å²) in [5.74, 6) is -0.287. The number of carbonyl (C=O) groups is 2. The van der Waals surface area contributed by atoms with E-state index in [9.17, 15) is 18.0 Å². The van der Waals surface area contributed by atoms with Crippen LogP contribution >= 0.6 is 0 Å². The van der Waals surface area contributed by atoms with E-state index in [4.69, 9.17) is 4.42 Å². The van der Waals surface area contributed by atoms with Gasteiger partial charge in [0.2, 0.25) is 15.9 Å². The monoisotopic (exact) mass is 343 g/mol. The molecule has 1 N–H and O–H groups in total. The first-order valence-corrected chi connectivity index (χ1v) is 9.12. The molecule has 23 heavy (non-hydrogen) atoms. The Hall–Kier alpha value is -1.87. The third-order valence-electron chi connectivity index (χ3n) is 3.65. The van der Waals surface area contributed by atoms with Gasteiger partial charge in [-0.15, -0.1) is 0 Å². The Labute approximate surface area is 135 Å². The van der Waals surface area contributed by atoms with Crippen molar-refractivity contribution < 1.29 is 22.4 Å². The van der Waals surface area contributed by atoms with E-state index in [2.05, 4.69) is 5.32 Å². The predicted octanol–water partition coefficient (Wildman–Crippen LogP) is -0.107. The van der Waals surface area contributed by atoms with Crippen molar-refractivity contribution in [3.63, 3.8) is 0 Å². The highest BCUT2D eigenvalue weighted by molar-refractivity contribution is 7.89. The molecule has 1 aliphatic heterocycles. The zero-order valence-corrected chi connectivity index (χ0v) is 13.8. The Kier molecular flexibility index (Phi) is 5.78. The van der Waals surface area contributed by atoms with E-state index in [0.717, 1.165) is 0 Å². The molecule has 8 nitrogen and oxygen atoms in total. The maximum Gasteiger partial charge on any atom is 0.289 e.